The largest absolute Gasteiger partial charge is 0.744 e. The van der Waals surface area contributed by atoms with Gasteiger partial charge in [-0.05, 0) is 45.0 Å². The van der Waals surface area contributed by atoms with Crippen LogP contribution in [0.5, 0.6) is 0 Å². The van der Waals surface area contributed by atoms with Crippen molar-refractivity contribution in [2.24, 2.45) is 0 Å². The molecule has 0 N–H and O–H groups in total. The van der Waals surface area contributed by atoms with Gasteiger partial charge in [-0.3, -0.25) is 0 Å². The van der Waals surface area contributed by atoms with Crippen LogP contribution in [-0.2, 0) is 10.1 Å². The molecule has 0 aromatic heterocycles. The van der Waals surface area contributed by atoms with Gasteiger partial charge in [-0.2, -0.15) is 0 Å². The molecule has 2 aromatic carbocycles. The lowest BCUT2D eigenvalue weighted by Crippen LogP contribution is -2.29. The molecule has 0 radical (unpaired) electrons. The molecule has 0 spiro atoms. The first-order chi connectivity index (χ1) is 11.4. The van der Waals surface area contributed by atoms with E-state index in [1.165, 1.54) is 6.07 Å². The van der Waals surface area contributed by atoms with Gasteiger partial charge < -0.3 is 4.55 Å². The monoisotopic (exact) mass is 440 g/mol. The molecule has 0 bridgehead atoms. The summed E-state index contributed by atoms with van der Waals surface area (Å²) in [5, 5.41) is 1.65. The van der Waals surface area contributed by atoms with Crippen molar-refractivity contribution in [2.45, 2.75) is 35.1 Å². The molecule has 0 amide bonds. The Balaban J connectivity index is 0.000000705. The van der Waals surface area contributed by atoms with Crippen molar-refractivity contribution < 1.29 is 13.0 Å². The number of hydrogen-bond acceptors (Lipinski definition) is 3. The molecular formula is C17H20Cl3O3PS. The Morgan fingerprint density at radius 2 is 1.36 bits per heavy atom. The summed E-state index contributed by atoms with van der Waals surface area (Å²) in [7, 11) is -5.88. The highest BCUT2D eigenvalue weighted by atomic mass is 35.6. The maximum absolute atomic E-state index is 11.6. The van der Waals surface area contributed by atoms with Gasteiger partial charge in [-0.15, -0.1) is 0 Å². The molecule has 1 unspecified atom stereocenters. The number of halogens is 3. The zero-order chi connectivity index (χ0) is 19.3. The van der Waals surface area contributed by atoms with E-state index in [0.29, 0.717) is 5.30 Å². The molecular weight excluding hydrogens is 422 g/mol. The Bertz CT molecular complexity index is 772. The van der Waals surface area contributed by atoms with Crippen LogP contribution in [0.2, 0.25) is 0 Å². The Hall–Kier alpha value is -0.350. The van der Waals surface area contributed by atoms with Crippen molar-refractivity contribution >= 4 is 63.5 Å². The van der Waals surface area contributed by atoms with Crippen LogP contribution >= 0.6 is 42.7 Å². The highest BCUT2D eigenvalue weighted by Crippen LogP contribution is 2.48. The van der Waals surface area contributed by atoms with Crippen molar-refractivity contribution in [3.05, 3.63) is 54.6 Å². The van der Waals surface area contributed by atoms with E-state index in [-0.39, 0.29) is 10.1 Å². The average Bonchev–Trinajstić information content (AvgIpc) is 2.46. The first kappa shape index (κ1) is 22.7. The van der Waals surface area contributed by atoms with Crippen LogP contribution in [0.4, 0.5) is 0 Å². The standard InChI is InChI=1S/C16H19O3PS.CHCl3/c1-16(2,3)20(13-9-5-4-6-10-13)14-11-7-8-12-15(14)21(17,18)19;2-1(3)4/h4-12H,1-3H3,(H,17,18,19);1H. The Morgan fingerprint density at radius 1 is 0.920 bits per heavy atom. The van der Waals surface area contributed by atoms with Gasteiger partial charge in [0.15, 0.2) is 4.30 Å². The molecule has 2 aromatic rings. The molecule has 0 aliphatic heterocycles. The van der Waals surface area contributed by atoms with E-state index < -0.39 is 22.3 Å². The van der Waals surface area contributed by atoms with Gasteiger partial charge in [0.05, 0.1) is 23.3 Å². The van der Waals surface area contributed by atoms with E-state index in [9.17, 15) is 13.0 Å². The third kappa shape index (κ3) is 7.42. The summed E-state index contributed by atoms with van der Waals surface area (Å²) in [5.74, 6) is 0. The fraction of sp³-hybridized carbons (Fsp3) is 0.294. The topological polar surface area (TPSA) is 57.2 Å². The fourth-order valence-electron chi connectivity index (χ4n) is 2.49. The minimum Gasteiger partial charge on any atom is -0.744 e. The lowest BCUT2D eigenvalue weighted by atomic mass is 10.3. The molecule has 0 saturated heterocycles. The van der Waals surface area contributed by atoms with E-state index in [2.05, 4.69) is 20.8 Å². The highest BCUT2D eigenvalue weighted by Gasteiger charge is 2.38. The van der Waals surface area contributed by atoms with E-state index in [4.69, 9.17) is 34.8 Å². The SMILES string of the molecule is CC(C)(C)[PH+](c1ccccc1)c1ccccc1S(=O)(=O)[O-].ClC(Cl)Cl. The third-order valence-corrected chi connectivity index (χ3v) is 7.70. The van der Waals surface area contributed by atoms with Gasteiger partial charge in [0.25, 0.3) is 0 Å². The maximum atomic E-state index is 11.6. The first-order valence-corrected chi connectivity index (χ1v) is 11.6. The van der Waals surface area contributed by atoms with Crippen LogP contribution in [0, 0.1) is 0 Å². The minimum atomic E-state index is -4.47. The highest BCUT2D eigenvalue weighted by molar-refractivity contribution is 7.87. The summed E-state index contributed by atoms with van der Waals surface area (Å²) < 4.78 is 34.0. The molecule has 8 heteroatoms. The third-order valence-electron chi connectivity index (χ3n) is 3.24. The second-order valence-electron chi connectivity index (χ2n) is 6.19. The first-order valence-electron chi connectivity index (χ1n) is 7.35. The zero-order valence-corrected chi connectivity index (χ0v) is 18.1. The minimum absolute atomic E-state index is 0.0855. The van der Waals surface area contributed by atoms with Crippen LogP contribution in [0.15, 0.2) is 59.5 Å². The smallest absolute Gasteiger partial charge is 0.180 e. The summed E-state index contributed by atoms with van der Waals surface area (Å²) in [4.78, 5) is -0.0855. The van der Waals surface area contributed by atoms with Gasteiger partial charge in [-0.1, -0.05) is 65.1 Å². The van der Waals surface area contributed by atoms with E-state index in [1.807, 2.05) is 30.3 Å². The van der Waals surface area contributed by atoms with Crippen molar-refractivity contribution in [1.29, 1.82) is 0 Å². The van der Waals surface area contributed by atoms with E-state index >= 15 is 0 Å². The van der Waals surface area contributed by atoms with Crippen molar-refractivity contribution in [2.75, 3.05) is 0 Å². The maximum Gasteiger partial charge on any atom is 0.180 e. The predicted octanol–water partition coefficient (Wildman–Crippen LogP) is 4.54. The fourth-order valence-corrected chi connectivity index (χ4v) is 6.86. The van der Waals surface area contributed by atoms with Gasteiger partial charge in [0, 0.05) is 0 Å². The van der Waals surface area contributed by atoms with Crippen LogP contribution in [-0.4, -0.2) is 22.4 Å². The van der Waals surface area contributed by atoms with E-state index in [0.717, 1.165) is 5.30 Å². The summed E-state index contributed by atoms with van der Waals surface area (Å²) in [6.07, 6.45) is 0. The van der Waals surface area contributed by atoms with Crippen molar-refractivity contribution in [3.63, 3.8) is 0 Å². The molecule has 0 heterocycles. The molecule has 1 atom stereocenters. The average molecular weight is 442 g/mol. The van der Waals surface area contributed by atoms with Crippen LogP contribution < -0.4 is 10.6 Å². The summed E-state index contributed by atoms with van der Waals surface area (Å²) in [6.45, 7) is 6.26. The van der Waals surface area contributed by atoms with Crippen LogP contribution in [0.25, 0.3) is 0 Å². The molecule has 0 aliphatic rings. The van der Waals surface area contributed by atoms with Crippen LogP contribution in [0.3, 0.4) is 0 Å². The van der Waals surface area contributed by atoms with Gasteiger partial charge in [0.2, 0.25) is 0 Å². The Morgan fingerprint density at radius 3 is 1.80 bits per heavy atom. The number of benzene rings is 2. The molecule has 2 rings (SSSR count). The number of rotatable bonds is 3. The second-order valence-corrected chi connectivity index (χ2v) is 12.9. The molecule has 0 fully saturated rings. The zero-order valence-electron chi connectivity index (χ0n) is 14.0. The Kier molecular flexibility index (Phi) is 8.66. The molecule has 0 aliphatic carbocycles. The molecule has 138 valence electrons. The van der Waals surface area contributed by atoms with Crippen LogP contribution in [0.1, 0.15) is 20.8 Å². The Labute approximate surface area is 165 Å². The number of hydrogen-bond donors (Lipinski definition) is 0. The normalized spacial score (nSPS) is 13.1. The van der Waals surface area contributed by atoms with Gasteiger partial charge in [-0.25, -0.2) is 8.42 Å². The molecule has 25 heavy (non-hydrogen) atoms. The summed E-state index contributed by atoms with van der Waals surface area (Å²) in [5.41, 5.74) is 0. The molecule has 3 nitrogen and oxygen atoms in total. The van der Waals surface area contributed by atoms with Crippen molar-refractivity contribution in [1.82, 2.24) is 0 Å². The predicted molar refractivity (Wildman–Crippen MR) is 110 cm³/mol. The lowest BCUT2D eigenvalue weighted by Gasteiger charge is -2.26. The van der Waals surface area contributed by atoms with Gasteiger partial charge >= 0.3 is 0 Å². The second kappa shape index (κ2) is 9.55. The molecule has 0 saturated carbocycles. The van der Waals surface area contributed by atoms with E-state index in [1.54, 1.807) is 18.2 Å². The summed E-state index contributed by atoms with van der Waals surface area (Å²) >= 11 is 14.4. The number of alkyl halides is 3. The van der Waals surface area contributed by atoms with Gasteiger partial charge in [0.1, 0.15) is 15.4 Å². The quantitative estimate of drug-likeness (QED) is 0.399. The lowest BCUT2D eigenvalue weighted by molar-refractivity contribution is 0.463. The van der Waals surface area contributed by atoms with Crippen molar-refractivity contribution in [3.8, 4) is 0 Å². The summed E-state index contributed by atoms with van der Waals surface area (Å²) in [6, 6.07) is 16.4.